The molecule has 0 heterocycles. The molecule has 1 saturated carbocycles. The van der Waals surface area contributed by atoms with Crippen molar-refractivity contribution in [2.24, 2.45) is 11.8 Å². The van der Waals surface area contributed by atoms with Gasteiger partial charge in [-0.1, -0.05) is 37.4 Å². The lowest BCUT2D eigenvalue weighted by atomic mass is 9.92. The third kappa shape index (κ3) is 2.73. The van der Waals surface area contributed by atoms with Gasteiger partial charge in [-0.3, -0.25) is 0 Å². The van der Waals surface area contributed by atoms with E-state index in [4.69, 9.17) is 11.6 Å². The Morgan fingerprint density at radius 1 is 1.50 bits per heavy atom. The maximum Gasteiger partial charge on any atom is 0.148 e. The highest BCUT2D eigenvalue weighted by Gasteiger charge is 2.31. The summed E-state index contributed by atoms with van der Waals surface area (Å²) in [6, 6.07) is 3.31. The van der Waals surface area contributed by atoms with Crippen molar-refractivity contribution in [3.05, 3.63) is 33.0 Å². The Kier molecular flexibility index (Phi) is 4.68. The summed E-state index contributed by atoms with van der Waals surface area (Å²) in [4.78, 5) is 0. The number of aliphatic hydroxyl groups is 1. The first-order valence-corrected chi connectivity index (χ1v) is 7.53. The van der Waals surface area contributed by atoms with E-state index in [9.17, 15) is 9.50 Å². The first kappa shape index (κ1) is 14.3. The number of rotatable bonds is 3. The van der Waals surface area contributed by atoms with Crippen LogP contribution in [-0.4, -0.2) is 5.11 Å². The summed E-state index contributed by atoms with van der Waals surface area (Å²) in [6.07, 6.45) is 3.46. The van der Waals surface area contributed by atoms with Gasteiger partial charge in [0.25, 0.3) is 0 Å². The molecule has 1 aliphatic carbocycles. The Bertz CT molecular complexity index is 438. The molecule has 4 heteroatoms. The van der Waals surface area contributed by atoms with Gasteiger partial charge >= 0.3 is 0 Å². The van der Waals surface area contributed by atoms with E-state index in [0.717, 1.165) is 25.7 Å². The van der Waals surface area contributed by atoms with Crippen LogP contribution in [0.15, 0.2) is 16.6 Å². The quantitative estimate of drug-likeness (QED) is 0.762. The molecule has 3 unspecified atom stereocenters. The summed E-state index contributed by atoms with van der Waals surface area (Å²) in [5.41, 5.74) is 0.324. The lowest BCUT2D eigenvalue weighted by Gasteiger charge is -2.20. The van der Waals surface area contributed by atoms with Crippen LogP contribution in [-0.2, 0) is 0 Å². The molecule has 1 aromatic carbocycles. The second-order valence-electron chi connectivity index (χ2n) is 5.06. The molecule has 1 aliphatic rings. The number of hydrogen-bond donors (Lipinski definition) is 1. The molecule has 0 bridgehead atoms. The number of halogens is 3. The van der Waals surface area contributed by atoms with Crippen molar-refractivity contribution < 1.29 is 9.50 Å². The summed E-state index contributed by atoms with van der Waals surface area (Å²) in [5, 5.41) is 10.4. The minimum Gasteiger partial charge on any atom is -0.388 e. The molecule has 100 valence electrons. The molecule has 0 aliphatic heterocycles. The van der Waals surface area contributed by atoms with E-state index in [-0.39, 0.29) is 10.9 Å². The van der Waals surface area contributed by atoms with E-state index in [1.54, 1.807) is 12.1 Å². The van der Waals surface area contributed by atoms with Crippen molar-refractivity contribution >= 4 is 27.5 Å². The number of aliphatic hydroxyl groups excluding tert-OH is 1. The van der Waals surface area contributed by atoms with Crippen LogP contribution in [0.1, 0.15) is 44.3 Å². The summed E-state index contributed by atoms with van der Waals surface area (Å²) in [6.45, 7) is 2.16. The van der Waals surface area contributed by atoms with Crippen LogP contribution in [0.4, 0.5) is 4.39 Å². The average molecular weight is 336 g/mol. The van der Waals surface area contributed by atoms with Crippen LogP contribution in [0.2, 0.25) is 5.02 Å². The minimum absolute atomic E-state index is 0.0524. The van der Waals surface area contributed by atoms with Crippen LogP contribution in [0.25, 0.3) is 0 Å². The van der Waals surface area contributed by atoms with Crippen molar-refractivity contribution in [3.8, 4) is 0 Å². The Hall–Kier alpha value is -0.120. The van der Waals surface area contributed by atoms with E-state index in [1.165, 1.54) is 0 Å². The standard InChI is InChI=1S/C14H17BrClFO/c1-2-8-3-4-9(7-8)14(18)10-5-6-11(15)12(16)13(10)17/h5-6,8-9,14,18H,2-4,7H2,1H3. The zero-order valence-electron chi connectivity index (χ0n) is 10.3. The fourth-order valence-corrected chi connectivity index (χ4v) is 3.27. The van der Waals surface area contributed by atoms with Crippen LogP contribution in [0, 0.1) is 17.7 Å². The molecular formula is C14H17BrClFO. The predicted molar refractivity (Wildman–Crippen MR) is 75.2 cm³/mol. The highest BCUT2D eigenvalue weighted by Crippen LogP contribution is 2.42. The molecule has 18 heavy (non-hydrogen) atoms. The molecule has 0 amide bonds. The predicted octanol–water partition coefficient (Wildman–Crippen LogP) is 5.10. The summed E-state index contributed by atoms with van der Waals surface area (Å²) >= 11 is 9.04. The van der Waals surface area contributed by atoms with Gasteiger partial charge in [-0.05, 0) is 46.7 Å². The fourth-order valence-electron chi connectivity index (χ4n) is 2.79. The van der Waals surface area contributed by atoms with Gasteiger partial charge in [0.2, 0.25) is 0 Å². The van der Waals surface area contributed by atoms with Gasteiger partial charge in [0.05, 0.1) is 11.1 Å². The van der Waals surface area contributed by atoms with E-state index in [2.05, 4.69) is 22.9 Å². The van der Waals surface area contributed by atoms with Crippen LogP contribution in [0.5, 0.6) is 0 Å². The van der Waals surface area contributed by atoms with Gasteiger partial charge in [-0.15, -0.1) is 0 Å². The molecular weight excluding hydrogens is 319 g/mol. The summed E-state index contributed by atoms with van der Waals surface area (Å²) in [5.74, 6) is 0.318. The van der Waals surface area contributed by atoms with Gasteiger partial charge in [0.1, 0.15) is 5.82 Å². The lowest BCUT2D eigenvalue weighted by molar-refractivity contribution is 0.105. The van der Waals surface area contributed by atoms with E-state index in [1.807, 2.05) is 0 Å². The monoisotopic (exact) mass is 334 g/mol. The second-order valence-corrected chi connectivity index (χ2v) is 6.29. The first-order chi connectivity index (χ1) is 8.54. The van der Waals surface area contributed by atoms with Crippen LogP contribution < -0.4 is 0 Å². The van der Waals surface area contributed by atoms with E-state index >= 15 is 0 Å². The van der Waals surface area contributed by atoms with Crippen LogP contribution in [0.3, 0.4) is 0 Å². The van der Waals surface area contributed by atoms with Crippen molar-refractivity contribution in [2.45, 2.75) is 38.7 Å². The topological polar surface area (TPSA) is 20.2 Å². The molecule has 1 fully saturated rings. The maximum absolute atomic E-state index is 14.0. The number of benzene rings is 1. The fraction of sp³-hybridized carbons (Fsp3) is 0.571. The summed E-state index contributed by atoms with van der Waals surface area (Å²) in [7, 11) is 0. The van der Waals surface area contributed by atoms with Crippen molar-refractivity contribution in [1.29, 1.82) is 0 Å². The minimum atomic E-state index is -0.743. The van der Waals surface area contributed by atoms with Crippen molar-refractivity contribution in [2.75, 3.05) is 0 Å². The van der Waals surface area contributed by atoms with E-state index < -0.39 is 11.9 Å². The average Bonchev–Trinajstić information content (AvgIpc) is 2.84. The molecule has 1 N–H and O–H groups in total. The highest BCUT2D eigenvalue weighted by molar-refractivity contribution is 9.10. The Morgan fingerprint density at radius 3 is 2.83 bits per heavy atom. The van der Waals surface area contributed by atoms with Gasteiger partial charge < -0.3 is 5.11 Å². The molecule has 3 atom stereocenters. The Morgan fingerprint density at radius 2 is 2.22 bits per heavy atom. The Balaban J connectivity index is 2.19. The van der Waals surface area contributed by atoms with Gasteiger partial charge in [0.15, 0.2) is 0 Å². The van der Waals surface area contributed by atoms with Crippen molar-refractivity contribution in [3.63, 3.8) is 0 Å². The smallest absolute Gasteiger partial charge is 0.148 e. The zero-order chi connectivity index (χ0) is 13.3. The zero-order valence-corrected chi connectivity index (χ0v) is 12.6. The lowest BCUT2D eigenvalue weighted by Crippen LogP contribution is -2.11. The normalized spacial score (nSPS) is 25.4. The number of hydrogen-bond acceptors (Lipinski definition) is 1. The second kappa shape index (κ2) is 5.89. The van der Waals surface area contributed by atoms with Gasteiger partial charge in [0, 0.05) is 10.0 Å². The molecule has 2 rings (SSSR count). The molecule has 0 radical (unpaired) electrons. The first-order valence-electron chi connectivity index (χ1n) is 6.36. The molecule has 0 spiro atoms. The molecule has 0 aromatic heterocycles. The summed E-state index contributed by atoms with van der Waals surface area (Å²) < 4.78 is 14.5. The molecule has 1 aromatic rings. The molecule has 0 saturated heterocycles. The van der Waals surface area contributed by atoms with Gasteiger partial charge in [-0.25, -0.2) is 4.39 Å². The third-order valence-electron chi connectivity index (χ3n) is 3.99. The van der Waals surface area contributed by atoms with E-state index in [0.29, 0.717) is 16.0 Å². The Labute approximate surface area is 120 Å². The maximum atomic E-state index is 14.0. The highest BCUT2D eigenvalue weighted by atomic mass is 79.9. The van der Waals surface area contributed by atoms with Gasteiger partial charge in [-0.2, -0.15) is 0 Å². The largest absolute Gasteiger partial charge is 0.388 e. The van der Waals surface area contributed by atoms with Crippen molar-refractivity contribution in [1.82, 2.24) is 0 Å². The molecule has 1 nitrogen and oxygen atoms in total. The SMILES string of the molecule is CCC1CCC(C(O)c2ccc(Br)c(Cl)c2F)C1. The van der Waals surface area contributed by atoms with Crippen LogP contribution >= 0.6 is 27.5 Å². The third-order valence-corrected chi connectivity index (χ3v) is 5.25.